The first-order chi connectivity index (χ1) is 7.66. The average molecular weight is 220 g/mol. The highest BCUT2D eigenvalue weighted by atomic mass is 16.3. The quantitative estimate of drug-likeness (QED) is 0.714. The molecular weight excluding hydrogens is 204 g/mol. The van der Waals surface area contributed by atoms with Gasteiger partial charge >= 0.3 is 6.03 Å². The predicted octanol–water partition coefficient (Wildman–Crippen LogP) is 2.33. The monoisotopic (exact) mass is 220 g/mol. The summed E-state index contributed by atoms with van der Waals surface area (Å²) in [6.07, 6.45) is 2.17. The molecule has 0 spiro atoms. The fourth-order valence-corrected chi connectivity index (χ4v) is 1.86. The van der Waals surface area contributed by atoms with Crippen molar-refractivity contribution in [1.29, 1.82) is 0 Å². The van der Waals surface area contributed by atoms with Crippen LogP contribution in [0.1, 0.15) is 18.4 Å². The van der Waals surface area contributed by atoms with Crippen molar-refractivity contribution in [3.05, 3.63) is 23.8 Å². The van der Waals surface area contributed by atoms with Crippen LogP contribution in [0.15, 0.2) is 18.2 Å². The molecule has 0 radical (unpaired) electrons. The summed E-state index contributed by atoms with van der Waals surface area (Å²) >= 11 is 0. The van der Waals surface area contributed by atoms with Crippen molar-refractivity contribution in [1.82, 2.24) is 4.90 Å². The van der Waals surface area contributed by atoms with E-state index in [4.69, 9.17) is 0 Å². The fraction of sp³-hybridized carbons (Fsp3) is 0.417. The molecule has 0 bridgehead atoms. The van der Waals surface area contributed by atoms with E-state index >= 15 is 0 Å². The maximum Gasteiger partial charge on any atom is 0.321 e. The van der Waals surface area contributed by atoms with E-state index < -0.39 is 0 Å². The highest BCUT2D eigenvalue weighted by Gasteiger charge is 2.17. The summed E-state index contributed by atoms with van der Waals surface area (Å²) in [6, 6.07) is 5.01. The number of phenols is 1. The number of aromatic hydroxyl groups is 1. The highest BCUT2D eigenvalue weighted by Crippen LogP contribution is 2.20. The van der Waals surface area contributed by atoms with Crippen molar-refractivity contribution < 1.29 is 9.90 Å². The van der Waals surface area contributed by atoms with Crippen molar-refractivity contribution >= 4 is 11.7 Å². The fourth-order valence-electron chi connectivity index (χ4n) is 1.86. The van der Waals surface area contributed by atoms with Gasteiger partial charge in [-0.25, -0.2) is 4.79 Å². The lowest BCUT2D eigenvalue weighted by Gasteiger charge is -2.16. The summed E-state index contributed by atoms with van der Waals surface area (Å²) in [7, 11) is 0. The number of anilines is 1. The van der Waals surface area contributed by atoms with Gasteiger partial charge in [0.1, 0.15) is 5.75 Å². The number of aryl methyl sites for hydroxylation is 1. The number of hydrogen-bond donors (Lipinski definition) is 2. The maximum absolute atomic E-state index is 11.8. The van der Waals surface area contributed by atoms with Crippen LogP contribution >= 0.6 is 0 Å². The first-order valence-corrected chi connectivity index (χ1v) is 5.52. The molecule has 1 aromatic rings. The third-order valence-electron chi connectivity index (χ3n) is 2.84. The van der Waals surface area contributed by atoms with Gasteiger partial charge in [0.25, 0.3) is 0 Å². The van der Waals surface area contributed by atoms with Gasteiger partial charge < -0.3 is 15.3 Å². The topological polar surface area (TPSA) is 52.6 Å². The van der Waals surface area contributed by atoms with Gasteiger partial charge in [-0.05, 0) is 43.5 Å². The minimum Gasteiger partial charge on any atom is -0.508 e. The van der Waals surface area contributed by atoms with E-state index in [1.807, 2.05) is 4.90 Å². The van der Waals surface area contributed by atoms with Crippen LogP contribution < -0.4 is 5.32 Å². The number of hydrogen-bond acceptors (Lipinski definition) is 2. The molecule has 4 nitrogen and oxygen atoms in total. The molecule has 0 atom stereocenters. The third kappa shape index (κ3) is 2.27. The number of carbonyl (C=O) groups excluding carboxylic acids is 1. The van der Waals surface area contributed by atoms with E-state index in [0.717, 1.165) is 37.2 Å². The second-order valence-electron chi connectivity index (χ2n) is 4.13. The van der Waals surface area contributed by atoms with Crippen LogP contribution in [0, 0.1) is 6.92 Å². The summed E-state index contributed by atoms with van der Waals surface area (Å²) in [4.78, 5) is 13.6. The Morgan fingerprint density at radius 2 is 2.06 bits per heavy atom. The van der Waals surface area contributed by atoms with Crippen LogP contribution in [0.25, 0.3) is 0 Å². The molecule has 1 saturated heterocycles. The molecule has 1 aromatic carbocycles. The van der Waals surface area contributed by atoms with Gasteiger partial charge in [-0.2, -0.15) is 0 Å². The number of benzene rings is 1. The average Bonchev–Trinajstić information content (AvgIpc) is 2.77. The Kier molecular flexibility index (Phi) is 2.99. The Morgan fingerprint density at radius 3 is 2.69 bits per heavy atom. The second kappa shape index (κ2) is 4.43. The van der Waals surface area contributed by atoms with Gasteiger partial charge in [-0.15, -0.1) is 0 Å². The highest BCUT2D eigenvalue weighted by molar-refractivity contribution is 5.89. The molecule has 2 amide bonds. The number of amides is 2. The molecule has 16 heavy (non-hydrogen) atoms. The third-order valence-corrected chi connectivity index (χ3v) is 2.84. The van der Waals surface area contributed by atoms with Gasteiger partial charge in [-0.1, -0.05) is 0 Å². The van der Waals surface area contributed by atoms with Crippen LogP contribution in [0.5, 0.6) is 5.75 Å². The Labute approximate surface area is 94.9 Å². The number of urea groups is 1. The molecule has 0 aromatic heterocycles. The zero-order valence-electron chi connectivity index (χ0n) is 9.36. The van der Waals surface area contributed by atoms with Crippen molar-refractivity contribution in [2.75, 3.05) is 18.4 Å². The Bertz CT molecular complexity index is 398. The van der Waals surface area contributed by atoms with E-state index in [0.29, 0.717) is 0 Å². The summed E-state index contributed by atoms with van der Waals surface area (Å²) in [5, 5.41) is 12.2. The summed E-state index contributed by atoms with van der Waals surface area (Å²) in [6.45, 7) is 3.48. The van der Waals surface area contributed by atoms with Crippen LogP contribution in [0.3, 0.4) is 0 Å². The number of likely N-dealkylation sites (tertiary alicyclic amines) is 1. The minimum atomic E-state index is -0.0532. The Hall–Kier alpha value is -1.71. The molecule has 1 aliphatic rings. The first kappa shape index (κ1) is 10.8. The van der Waals surface area contributed by atoms with Crippen molar-refractivity contribution in [2.45, 2.75) is 19.8 Å². The number of nitrogens with one attached hydrogen (secondary N) is 1. The predicted molar refractivity (Wildman–Crippen MR) is 62.7 cm³/mol. The maximum atomic E-state index is 11.8. The van der Waals surface area contributed by atoms with Crippen LogP contribution in [0.4, 0.5) is 10.5 Å². The summed E-state index contributed by atoms with van der Waals surface area (Å²) in [5.41, 5.74) is 1.49. The zero-order valence-corrected chi connectivity index (χ0v) is 9.36. The zero-order chi connectivity index (χ0) is 11.5. The molecule has 1 fully saturated rings. The van der Waals surface area contributed by atoms with E-state index in [9.17, 15) is 9.90 Å². The number of rotatable bonds is 1. The lowest BCUT2D eigenvalue weighted by molar-refractivity contribution is 0.222. The van der Waals surface area contributed by atoms with Crippen molar-refractivity contribution in [3.8, 4) is 5.75 Å². The van der Waals surface area contributed by atoms with Gasteiger partial charge in [0.05, 0.1) is 0 Å². The summed E-state index contributed by atoms with van der Waals surface area (Å²) < 4.78 is 0. The van der Waals surface area contributed by atoms with Crippen LogP contribution in [-0.4, -0.2) is 29.1 Å². The molecule has 0 aliphatic carbocycles. The number of carbonyl (C=O) groups is 1. The smallest absolute Gasteiger partial charge is 0.321 e. The van der Waals surface area contributed by atoms with Crippen molar-refractivity contribution in [3.63, 3.8) is 0 Å². The van der Waals surface area contributed by atoms with E-state index in [1.54, 1.807) is 25.1 Å². The van der Waals surface area contributed by atoms with Gasteiger partial charge in [0, 0.05) is 18.8 Å². The largest absolute Gasteiger partial charge is 0.508 e. The number of nitrogens with zero attached hydrogens (tertiary/aromatic N) is 1. The second-order valence-corrected chi connectivity index (χ2v) is 4.13. The van der Waals surface area contributed by atoms with Crippen molar-refractivity contribution in [2.24, 2.45) is 0 Å². The molecule has 0 saturated carbocycles. The number of phenolic OH excluding ortho intramolecular Hbond substituents is 1. The standard InChI is InChI=1S/C12H16N2O2/c1-9-8-10(4-5-11(9)15)13-12(16)14-6-2-3-7-14/h4-5,8,15H,2-3,6-7H2,1H3,(H,13,16). The molecule has 2 N–H and O–H groups in total. The lowest BCUT2D eigenvalue weighted by atomic mass is 10.2. The first-order valence-electron chi connectivity index (χ1n) is 5.52. The van der Waals surface area contributed by atoms with E-state index in [2.05, 4.69) is 5.32 Å². The van der Waals surface area contributed by atoms with Crippen LogP contribution in [0.2, 0.25) is 0 Å². The molecule has 1 aliphatic heterocycles. The van der Waals surface area contributed by atoms with Crippen LogP contribution in [-0.2, 0) is 0 Å². The Morgan fingerprint density at radius 1 is 1.38 bits per heavy atom. The minimum absolute atomic E-state index is 0.0532. The summed E-state index contributed by atoms with van der Waals surface area (Å²) in [5.74, 6) is 0.249. The lowest BCUT2D eigenvalue weighted by Crippen LogP contribution is -2.32. The molecule has 0 unspecified atom stereocenters. The normalized spacial score (nSPS) is 15.2. The molecule has 86 valence electrons. The van der Waals surface area contributed by atoms with E-state index in [-0.39, 0.29) is 11.8 Å². The van der Waals surface area contributed by atoms with Gasteiger partial charge in [0.15, 0.2) is 0 Å². The SMILES string of the molecule is Cc1cc(NC(=O)N2CCCC2)ccc1O. The molecule has 4 heteroatoms. The van der Waals surface area contributed by atoms with Gasteiger partial charge in [0.2, 0.25) is 0 Å². The van der Waals surface area contributed by atoms with Gasteiger partial charge in [-0.3, -0.25) is 0 Å². The molecule has 1 heterocycles. The molecule has 2 rings (SSSR count). The molecular formula is C12H16N2O2. The van der Waals surface area contributed by atoms with E-state index in [1.165, 1.54) is 0 Å². The Balaban J connectivity index is 2.02.